The van der Waals surface area contributed by atoms with E-state index in [0.29, 0.717) is 12.0 Å². The summed E-state index contributed by atoms with van der Waals surface area (Å²) in [7, 11) is 2.97. The Hall–Kier alpha value is -1.79. The summed E-state index contributed by atoms with van der Waals surface area (Å²) < 4.78 is 15.5. The SMILES string of the molecule is CCCCCC(OC)(OC)c1cccc(OC(=O)O)c1O. The number of hydrogen-bond acceptors (Lipinski definition) is 5. The fourth-order valence-electron chi connectivity index (χ4n) is 2.26. The lowest BCUT2D eigenvalue weighted by atomic mass is 9.97. The number of unbranched alkanes of at least 4 members (excludes halogenated alkanes) is 2. The predicted molar refractivity (Wildman–Crippen MR) is 76.6 cm³/mol. The topological polar surface area (TPSA) is 85.2 Å². The lowest BCUT2D eigenvalue weighted by molar-refractivity contribution is -0.221. The van der Waals surface area contributed by atoms with Crippen LogP contribution in [0.2, 0.25) is 0 Å². The Kier molecular flexibility index (Phi) is 6.45. The molecule has 0 amide bonds. The normalized spacial score (nSPS) is 11.4. The number of phenolic OH excluding ortho intramolecular Hbond substituents is 1. The van der Waals surface area contributed by atoms with Gasteiger partial charge in [0, 0.05) is 20.6 Å². The van der Waals surface area contributed by atoms with Crippen LogP contribution in [0, 0.1) is 0 Å². The van der Waals surface area contributed by atoms with Gasteiger partial charge in [-0.2, -0.15) is 0 Å². The molecule has 21 heavy (non-hydrogen) atoms. The first-order valence-electron chi connectivity index (χ1n) is 6.84. The molecular weight excluding hydrogens is 276 g/mol. The minimum atomic E-state index is -1.49. The van der Waals surface area contributed by atoms with Gasteiger partial charge in [-0.05, 0) is 18.6 Å². The molecule has 0 fully saturated rings. The fourth-order valence-corrected chi connectivity index (χ4v) is 2.26. The van der Waals surface area contributed by atoms with Gasteiger partial charge in [-0.15, -0.1) is 0 Å². The van der Waals surface area contributed by atoms with Crippen molar-refractivity contribution >= 4 is 6.16 Å². The zero-order valence-electron chi connectivity index (χ0n) is 12.6. The largest absolute Gasteiger partial charge is 0.511 e. The third kappa shape index (κ3) is 4.09. The molecule has 0 heterocycles. The number of aromatic hydroxyl groups is 1. The summed E-state index contributed by atoms with van der Waals surface area (Å²) in [5.41, 5.74) is 0.349. The number of phenols is 1. The number of ether oxygens (including phenoxy) is 3. The molecule has 0 saturated carbocycles. The minimum Gasteiger partial charge on any atom is -0.504 e. The second-order valence-corrected chi connectivity index (χ2v) is 4.64. The van der Waals surface area contributed by atoms with E-state index in [1.165, 1.54) is 20.3 Å². The van der Waals surface area contributed by atoms with Gasteiger partial charge in [0.2, 0.25) is 0 Å². The molecule has 0 spiro atoms. The average Bonchev–Trinajstić information content (AvgIpc) is 2.46. The van der Waals surface area contributed by atoms with Crippen LogP contribution in [0.4, 0.5) is 4.79 Å². The molecule has 6 nitrogen and oxygen atoms in total. The van der Waals surface area contributed by atoms with E-state index in [9.17, 15) is 9.90 Å². The van der Waals surface area contributed by atoms with Gasteiger partial charge in [0.25, 0.3) is 0 Å². The third-order valence-corrected chi connectivity index (χ3v) is 3.38. The summed E-state index contributed by atoms with van der Waals surface area (Å²) in [6.45, 7) is 2.08. The first kappa shape index (κ1) is 17.3. The first-order chi connectivity index (χ1) is 10.0. The number of para-hydroxylation sites is 1. The lowest BCUT2D eigenvalue weighted by Gasteiger charge is -2.32. The number of benzene rings is 1. The Morgan fingerprint density at radius 1 is 1.24 bits per heavy atom. The van der Waals surface area contributed by atoms with Gasteiger partial charge < -0.3 is 24.4 Å². The molecule has 0 unspecified atom stereocenters. The van der Waals surface area contributed by atoms with E-state index in [1.807, 2.05) is 0 Å². The summed E-state index contributed by atoms with van der Waals surface area (Å²) in [5.74, 6) is -1.56. The molecule has 0 radical (unpaired) electrons. The molecule has 6 heteroatoms. The summed E-state index contributed by atoms with van der Waals surface area (Å²) in [6.07, 6.45) is 1.94. The van der Waals surface area contributed by atoms with Gasteiger partial charge in [-0.1, -0.05) is 25.8 Å². The molecule has 0 aliphatic carbocycles. The van der Waals surface area contributed by atoms with Crippen molar-refractivity contribution in [3.05, 3.63) is 23.8 Å². The quantitative estimate of drug-likeness (QED) is 0.331. The van der Waals surface area contributed by atoms with Gasteiger partial charge in [0.1, 0.15) is 0 Å². The van der Waals surface area contributed by atoms with Gasteiger partial charge >= 0.3 is 6.16 Å². The maximum Gasteiger partial charge on any atom is 0.511 e. The first-order valence-corrected chi connectivity index (χ1v) is 6.84. The number of carbonyl (C=O) groups is 1. The smallest absolute Gasteiger partial charge is 0.504 e. The van der Waals surface area contributed by atoms with Crippen LogP contribution in [0.5, 0.6) is 11.5 Å². The molecule has 0 atom stereocenters. The van der Waals surface area contributed by atoms with Crippen molar-refractivity contribution in [2.45, 2.75) is 38.4 Å². The van der Waals surface area contributed by atoms with Crippen LogP contribution in [-0.2, 0) is 15.3 Å². The Balaban J connectivity index is 3.15. The highest BCUT2D eigenvalue weighted by atomic mass is 16.7. The van der Waals surface area contributed by atoms with Crippen LogP contribution in [0.25, 0.3) is 0 Å². The Morgan fingerprint density at radius 2 is 1.90 bits per heavy atom. The molecule has 1 rings (SSSR count). The number of carboxylic acid groups (broad SMARTS) is 1. The van der Waals surface area contributed by atoms with Gasteiger partial charge in [0.15, 0.2) is 17.3 Å². The van der Waals surface area contributed by atoms with Crippen molar-refractivity contribution < 1.29 is 29.2 Å². The highest BCUT2D eigenvalue weighted by molar-refractivity contribution is 5.63. The lowest BCUT2D eigenvalue weighted by Crippen LogP contribution is -2.31. The zero-order chi connectivity index (χ0) is 15.9. The Labute approximate surface area is 124 Å². The molecule has 0 saturated heterocycles. The third-order valence-electron chi connectivity index (χ3n) is 3.38. The van der Waals surface area contributed by atoms with Crippen LogP contribution in [0.3, 0.4) is 0 Å². The maximum atomic E-state index is 10.6. The number of rotatable bonds is 8. The van der Waals surface area contributed by atoms with Crippen LogP contribution in [0.15, 0.2) is 18.2 Å². The van der Waals surface area contributed by atoms with Gasteiger partial charge in [-0.25, -0.2) is 4.79 Å². The van der Waals surface area contributed by atoms with Gasteiger partial charge in [-0.3, -0.25) is 0 Å². The highest BCUT2D eigenvalue weighted by Crippen LogP contribution is 2.41. The van der Waals surface area contributed by atoms with Gasteiger partial charge in [0.05, 0.1) is 5.56 Å². The summed E-state index contributed by atoms with van der Waals surface area (Å²) in [4.78, 5) is 10.6. The van der Waals surface area contributed by atoms with E-state index in [-0.39, 0.29) is 11.5 Å². The van der Waals surface area contributed by atoms with E-state index in [2.05, 4.69) is 11.7 Å². The van der Waals surface area contributed by atoms with Crippen molar-refractivity contribution in [1.82, 2.24) is 0 Å². The van der Waals surface area contributed by atoms with Crippen molar-refractivity contribution in [2.24, 2.45) is 0 Å². The molecule has 1 aromatic rings. The second kappa shape index (κ2) is 7.85. The monoisotopic (exact) mass is 298 g/mol. The molecule has 0 bridgehead atoms. The van der Waals surface area contributed by atoms with Crippen LogP contribution in [0.1, 0.15) is 38.2 Å². The molecule has 0 aromatic heterocycles. The fraction of sp³-hybridized carbons (Fsp3) is 0.533. The van der Waals surface area contributed by atoms with E-state index in [4.69, 9.17) is 14.6 Å². The Bertz CT molecular complexity index is 467. The minimum absolute atomic E-state index is 0.144. The van der Waals surface area contributed by atoms with Crippen molar-refractivity contribution in [2.75, 3.05) is 14.2 Å². The molecule has 0 aliphatic heterocycles. The zero-order valence-corrected chi connectivity index (χ0v) is 12.6. The second-order valence-electron chi connectivity index (χ2n) is 4.64. The van der Waals surface area contributed by atoms with E-state index >= 15 is 0 Å². The van der Waals surface area contributed by atoms with E-state index < -0.39 is 11.9 Å². The van der Waals surface area contributed by atoms with Crippen molar-refractivity contribution in [1.29, 1.82) is 0 Å². The highest BCUT2D eigenvalue weighted by Gasteiger charge is 2.35. The van der Waals surface area contributed by atoms with Crippen LogP contribution < -0.4 is 4.74 Å². The van der Waals surface area contributed by atoms with E-state index in [0.717, 1.165) is 19.3 Å². The number of methoxy groups -OCH3 is 2. The molecule has 118 valence electrons. The van der Waals surface area contributed by atoms with Crippen LogP contribution >= 0.6 is 0 Å². The molecule has 0 aliphatic rings. The predicted octanol–water partition coefficient (Wildman–Crippen LogP) is 3.47. The average molecular weight is 298 g/mol. The molecule has 2 N–H and O–H groups in total. The van der Waals surface area contributed by atoms with Crippen molar-refractivity contribution in [3.8, 4) is 11.5 Å². The summed E-state index contributed by atoms with van der Waals surface area (Å²) >= 11 is 0. The van der Waals surface area contributed by atoms with Crippen LogP contribution in [-0.4, -0.2) is 30.6 Å². The maximum absolute atomic E-state index is 10.6. The number of hydrogen-bond donors (Lipinski definition) is 2. The van der Waals surface area contributed by atoms with Crippen molar-refractivity contribution in [3.63, 3.8) is 0 Å². The Morgan fingerprint density at radius 3 is 2.43 bits per heavy atom. The summed E-state index contributed by atoms with van der Waals surface area (Å²) in [6, 6.07) is 4.58. The molecular formula is C15H22O6. The van der Waals surface area contributed by atoms with E-state index in [1.54, 1.807) is 12.1 Å². The standard InChI is InChI=1S/C15H22O6/c1-4-5-6-10-15(19-2,20-3)11-8-7-9-12(13(11)16)21-14(17)18/h7-9,16H,4-6,10H2,1-3H3,(H,17,18). The summed E-state index contributed by atoms with van der Waals surface area (Å²) in [5, 5.41) is 18.9. The molecule has 1 aromatic carbocycles.